The first-order chi connectivity index (χ1) is 17.3. The Hall–Kier alpha value is -3.88. The van der Waals surface area contributed by atoms with Crippen molar-refractivity contribution in [3.8, 4) is 0 Å². The fourth-order valence-corrected chi connectivity index (χ4v) is 4.82. The number of nitrogens with one attached hydrogen (secondary N) is 1. The van der Waals surface area contributed by atoms with E-state index in [1.54, 1.807) is 42.1 Å². The summed E-state index contributed by atoms with van der Waals surface area (Å²) in [6, 6.07) is 13.9. The van der Waals surface area contributed by atoms with Gasteiger partial charge in [-0.15, -0.1) is 0 Å². The molecule has 5 rings (SSSR count). The number of pyridine rings is 1. The normalized spacial score (nSPS) is 18.2. The van der Waals surface area contributed by atoms with E-state index in [0.717, 1.165) is 24.2 Å². The smallest absolute Gasteiger partial charge is 0.236 e. The van der Waals surface area contributed by atoms with Crippen LogP contribution in [0, 0.1) is 29.8 Å². The maximum absolute atomic E-state index is 13.7. The maximum atomic E-state index is 13.7. The number of halogens is 3. The van der Waals surface area contributed by atoms with Gasteiger partial charge in [0.05, 0.1) is 17.2 Å². The topological polar surface area (TPSA) is 65.5 Å². The molecule has 2 saturated heterocycles. The third-order valence-corrected chi connectivity index (χ3v) is 6.86. The first-order valence-electron chi connectivity index (χ1n) is 11.6. The lowest BCUT2D eigenvalue weighted by Gasteiger charge is -2.58. The fourth-order valence-electron chi connectivity index (χ4n) is 4.82. The SMILES string of the molecule is CNc1ccc(F)c(F)c1.Cc1cc(N2C(=O)C3(CCN(C=O)CC3)C2c2ccccn2)ccc1F. The number of anilines is 2. The first kappa shape index (κ1) is 25.2. The van der Waals surface area contributed by atoms with Crippen molar-refractivity contribution in [3.05, 3.63) is 89.5 Å². The van der Waals surface area contributed by atoms with Crippen LogP contribution in [0.15, 0.2) is 60.8 Å². The molecule has 2 fully saturated rings. The number of hydrogen-bond donors (Lipinski definition) is 1. The minimum absolute atomic E-state index is 0.0321. The average Bonchev–Trinajstić information content (AvgIpc) is 2.91. The maximum Gasteiger partial charge on any atom is 0.236 e. The van der Waals surface area contributed by atoms with Crippen LogP contribution in [0.4, 0.5) is 24.5 Å². The van der Waals surface area contributed by atoms with Gasteiger partial charge < -0.3 is 15.1 Å². The van der Waals surface area contributed by atoms with Crippen LogP contribution in [0.1, 0.15) is 30.1 Å². The molecule has 1 atom stereocenters. The van der Waals surface area contributed by atoms with Gasteiger partial charge in [0, 0.05) is 37.7 Å². The lowest BCUT2D eigenvalue weighted by molar-refractivity contribution is -0.146. The van der Waals surface area contributed by atoms with Crippen LogP contribution in [-0.2, 0) is 9.59 Å². The van der Waals surface area contributed by atoms with Crippen LogP contribution in [-0.4, -0.2) is 42.3 Å². The summed E-state index contributed by atoms with van der Waals surface area (Å²) in [5.74, 6) is -1.90. The van der Waals surface area contributed by atoms with Gasteiger partial charge in [-0.2, -0.15) is 0 Å². The number of rotatable bonds is 4. The van der Waals surface area contributed by atoms with Crippen molar-refractivity contribution in [3.63, 3.8) is 0 Å². The molecule has 2 amide bonds. The molecular formula is C27H27F3N4O2. The zero-order chi connectivity index (χ0) is 25.9. The molecule has 9 heteroatoms. The summed E-state index contributed by atoms with van der Waals surface area (Å²) in [4.78, 5) is 32.2. The zero-order valence-corrected chi connectivity index (χ0v) is 20.0. The molecule has 2 aliphatic heterocycles. The molecule has 2 aliphatic rings. The molecule has 2 aromatic carbocycles. The summed E-state index contributed by atoms with van der Waals surface area (Å²) in [5.41, 5.74) is 2.04. The Balaban J connectivity index is 0.000000256. The van der Waals surface area contributed by atoms with Gasteiger partial charge >= 0.3 is 0 Å². The summed E-state index contributed by atoms with van der Waals surface area (Å²) in [6.07, 6.45) is 3.79. The third-order valence-electron chi connectivity index (χ3n) is 6.86. The number of aromatic nitrogens is 1. The van der Waals surface area contributed by atoms with Gasteiger partial charge in [-0.05, 0) is 73.9 Å². The second-order valence-electron chi connectivity index (χ2n) is 8.94. The predicted molar refractivity (Wildman–Crippen MR) is 131 cm³/mol. The van der Waals surface area contributed by atoms with Gasteiger partial charge in [0.1, 0.15) is 5.82 Å². The van der Waals surface area contributed by atoms with Crippen LogP contribution >= 0.6 is 0 Å². The summed E-state index contributed by atoms with van der Waals surface area (Å²) in [6.45, 7) is 2.82. The van der Waals surface area contributed by atoms with Crippen molar-refractivity contribution in [1.82, 2.24) is 9.88 Å². The molecule has 1 aromatic heterocycles. The Bertz CT molecular complexity index is 1250. The highest BCUT2D eigenvalue weighted by Gasteiger charge is 2.62. The van der Waals surface area contributed by atoms with Crippen LogP contribution in [0.2, 0.25) is 0 Å². The Kier molecular flexibility index (Phi) is 7.28. The van der Waals surface area contributed by atoms with Crippen LogP contribution in [0.3, 0.4) is 0 Å². The van der Waals surface area contributed by atoms with Gasteiger partial charge in [-0.1, -0.05) is 6.07 Å². The highest BCUT2D eigenvalue weighted by molar-refractivity contribution is 6.06. The number of carbonyl (C=O) groups is 2. The molecule has 188 valence electrons. The fraction of sp³-hybridized carbons (Fsp3) is 0.296. The summed E-state index contributed by atoms with van der Waals surface area (Å²) in [5, 5.41) is 2.69. The number of hydrogen-bond acceptors (Lipinski definition) is 4. The van der Waals surface area contributed by atoms with E-state index in [0.29, 0.717) is 42.9 Å². The van der Waals surface area contributed by atoms with E-state index < -0.39 is 17.0 Å². The highest BCUT2D eigenvalue weighted by atomic mass is 19.2. The number of β-lactam (4-membered cyclic amide) rings is 1. The zero-order valence-electron chi connectivity index (χ0n) is 20.0. The lowest BCUT2D eigenvalue weighted by atomic mass is 9.63. The molecular weight excluding hydrogens is 469 g/mol. The third kappa shape index (κ3) is 4.65. The molecule has 1 unspecified atom stereocenters. The summed E-state index contributed by atoms with van der Waals surface area (Å²) >= 11 is 0. The van der Waals surface area contributed by atoms with Crippen LogP contribution in [0.25, 0.3) is 0 Å². The second-order valence-corrected chi connectivity index (χ2v) is 8.94. The van der Waals surface area contributed by atoms with Crippen LogP contribution in [0.5, 0.6) is 0 Å². The average molecular weight is 497 g/mol. The highest BCUT2D eigenvalue weighted by Crippen LogP contribution is 2.57. The molecule has 1 N–H and O–H groups in total. The number of piperidine rings is 1. The van der Waals surface area contributed by atoms with E-state index in [1.165, 1.54) is 12.1 Å². The Morgan fingerprint density at radius 2 is 1.72 bits per heavy atom. The van der Waals surface area contributed by atoms with Crippen molar-refractivity contribution in [2.75, 3.05) is 30.4 Å². The summed E-state index contributed by atoms with van der Waals surface area (Å²) in [7, 11) is 1.65. The van der Waals surface area contributed by atoms with Gasteiger partial charge in [0.15, 0.2) is 11.6 Å². The van der Waals surface area contributed by atoms with E-state index in [1.807, 2.05) is 18.2 Å². The molecule has 36 heavy (non-hydrogen) atoms. The number of amides is 2. The van der Waals surface area contributed by atoms with E-state index in [4.69, 9.17) is 0 Å². The Morgan fingerprint density at radius 3 is 2.31 bits per heavy atom. The van der Waals surface area contributed by atoms with Crippen molar-refractivity contribution in [1.29, 1.82) is 0 Å². The number of aryl methyl sites for hydroxylation is 1. The molecule has 6 nitrogen and oxygen atoms in total. The molecule has 0 radical (unpaired) electrons. The molecule has 3 aromatic rings. The molecule has 0 saturated carbocycles. The van der Waals surface area contributed by atoms with Crippen molar-refractivity contribution in [2.24, 2.45) is 5.41 Å². The van der Waals surface area contributed by atoms with E-state index in [-0.39, 0.29) is 17.8 Å². The molecule has 3 heterocycles. The Labute approximate surface area is 207 Å². The molecule has 0 bridgehead atoms. The largest absolute Gasteiger partial charge is 0.388 e. The van der Waals surface area contributed by atoms with Gasteiger partial charge in [-0.25, -0.2) is 13.2 Å². The molecule has 1 spiro atoms. The number of nitrogens with zero attached hydrogens (tertiary/aromatic N) is 3. The monoisotopic (exact) mass is 496 g/mol. The minimum atomic E-state index is -0.827. The Morgan fingerprint density at radius 1 is 1.00 bits per heavy atom. The number of carbonyl (C=O) groups excluding carboxylic acids is 2. The van der Waals surface area contributed by atoms with Gasteiger partial charge in [0.2, 0.25) is 12.3 Å². The van der Waals surface area contributed by atoms with E-state index in [2.05, 4.69) is 10.3 Å². The molecule has 0 aliphatic carbocycles. The number of likely N-dealkylation sites (tertiary alicyclic amines) is 1. The van der Waals surface area contributed by atoms with Crippen molar-refractivity contribution in [2.45, 2.75) is 25.8 Å². The second kappa shape index (κ2) is 10.4. The van der Waals surface area contributed by atoms with Crippen molar-refractivity contribution < 1.29 is 22.8 Å². The minimum Gasteiger partial charge on any atom is -0.388 e. The standard InChI is InChI=1S/C20H20FN3O2.C7H7F2N/c1-14-12-15(5-6-16(14)21)24-18(17-4-2-3-9-22-17)20(19(24)26)7-10-23(13-25)11-8-20;1-10-5-2-3-6(8)7(9)4-5/h2-6,9,12-13,18H,7-8,10-11H2,1H3;2-4,10H,1H3. The van der Waals surface area contributed by atoms with Crippen molar-refractivity contribution >= 4 is 23.7 Å². The van der Waals surface area contributed by atoms with Gasteiger partial charge in [-0.3, -0.25) is 14.6 Å². The quantitative estimate of drug-likeness (QED) is 0.414. The predicted octanol–water partition coefficient (Wildman–Crippen LogP) is 4.86. The van der Waals surface area contributed by atoms with Gasteiger partial charge in [0.25, 0.3) is 0 Å². The number of benzene rings is 2. The van der Waals surface area contributed by atoms with Crippen LogP contribution < -0.4 is 10.2 Å². The summed E-state index contributed by atoms with van der Waals surface area (Å²) < 4.78 is 38.3. The van der Waals surface area contributed by atoms with E-state index in [9.17, 15) is 22.8 Å². The lowest BCUT2D eigenvalue weighted by Crippen LogP contribution is -2.66. The first-order valence-corrected chi connectivity index (χ1v) is 11.6. The van der Waals surface area contributed by atoms with E-state index >= 15 is 0 Å².